The first-order valence-electron chi connectivity index (χ1n) is 9.46. The number of carbonyl (C=O) groups excluding carboxylic acids is 2. The zero-order valence-corrected chi connectivity index (χ0v) is 17.0. The minimum Gasteiger partial charge on any atom is -0.462 e. The molecular weight excluding hydrogens is 385 g/mol. The lowest BCUT2D eigenvalue weighted by Crippen LogP contribution is -2.17. The number of carbonyl (C=O) groups is 2. The normalized spacial score (nSPS) is 10.9. The molecule has 0 bridgehead atoms. The molecule has 0 aliphatic heterocycles. The molecule has 0 atom stereocenters. The van der Waals surface area contributed by atoms with Crippen molar-refractivity contribution in [1.29, 1.82) is 0 Å². The van der Waals surface area contributed by atoms with E-state index < -0.39 is 11.7 Å². The van der Waals surface area contributed by atoms with Gasteiger partial charge in [-0.2, -0.15) is 5.10 Å². The number of aryl methyl sites for hydroxylation is 1. The number of hydrazone groups is 1. The fourth-order valence-electron chi connectivity index (χ4n) is 3.10. The third-order valence-corrected chi connectivity index (χ3v) is 4.58. The van der Waals surface area contributed by atoms with E-state index in [4.69, 9.17) is 4.74 Å². The van der Waals surface area contributed by atoms with Crippen molar-refractivity contribution in [2.24, 2.45) is 5.10 Å². The number of nitrogens with zero attached hydrogens (tertiary/aromatic N) is 2. The van der Waals surface area contributed by atoms with Crippen LogP contribution in [0.15, 0.2) is 59.7 Å². The van der Waals surface area contributed by atoms with Crippen molar-refractivity contribution >= 4 is 18.1 Å². The SMILES string of the molecule is CCOC(=O)c1ccc(-n2c(C)cc(/C=N\NC(=O)c3ccc(F)cc3)c2C)cc1. The number of esters is 1. The number of hydrogen-bond acceptors (Lipinski definition) is 4. The number of halogens is 1. The van der Waals surface area contributed by atoms with Gasteiger partial charge in [-0.25, -0.2) is 14.6 Å². The van der Waals surface area contributed by atoms with Crippen LogP contribution in [0.25, 0.3) is 5.69 Å². The molecule has 30 heavy (non-hydrogen) atoms. The molecule has 0 radical (unpaired) electrons. The molecule has 0 aliphatic rings. The molecule has 2 aromatic carbocycles. The van der Waals surface area contributed by atoms with Crippen molar-refractivity contribution < 1.29 is 18.7 Å². The van der Waals surface area contributed by atoms with Gasteiger partial charge in [-0.1, -0.05) is 0 Å². The van der Waals surface area contributed by atoms with Crippen molar-refractivity contribution in [2.45, 2.75) is 20.8 Å². The van der Waals surface area contributed by atoms with Crippen LogP contribution in [0.3, 0.4) is 0 Å². The van der Waals surface area contributed by atoms with Crippen molar-refractivity contribution in [3.63, 3.8) is 0 Å². The maximum absolute atomic E-state index is 13.0. The Bertz CT molecular complexity index is 1080. The summed E-state index contributed by atoms with van der Waals surface area (Å²) in [5, 5.41) is 4.01. The molecule has 1 aromatic heterocycles. The summed E-state index contributed by atoms with van der Waals surface area (Å²) in [4.78, 5) is 23.9. The van der Waals surface area contributed by atoms with Gasteiger partial charge in [-0.15, -0.1) is 0 Å². The molecule has 3 aromatic rings. The lowest BCUT2D eigenvalue weighted by molar-refractivity contribution is 0.0526. The zero-order valence-electron chi connectivity index (χ0n) is 17.0. The van der Waals surface area contributed by atoms with E-state index in [0.717, 1.165) is 22.6 Å². The summed E-state index contributed by atoms with van der Waals surface area (Å²) >= 11 is 0. The highest BCUT2D eigenvalue weighted by Crippen LogP contribution is 2.20. The summed E-state index contributed by atoms with van der Waals surface area (Å²) in [6.07, 6.45) is 1.56. The molecule has 1 N–H and O–H groups in total. The first kappa shape index (κ1) is 21.0. The third-order valence-electron chi connectivity index (χ3n) is 4.58. The van der Waals surface area contributed by atoms with Gasteiger partial charge < -0.3 is 9.30 Å². The molecule has 0 unspecified atom stereocenters. The number of rotatable bonds is 6. The highest BCUT2D eigenvalue weighted by Gasteiger charge is 2.12. The van der Waals surface area contributed by atoms with Crippen LogP contribution in [-0.2, 0) is 4.74 Å². The molecule has 1 amide bonds. The number of ether oxygens (including phenoxy) is 1. The van der Waals surface area contributed by atoms with E-state index in [2.05, 4.69) is 10.5 Å². The second-order valence-corrected chi connectivity index (χ2v) is 6.64. The quantitative estimate of drug-likeness (QED) is 0.379. The van der Waals surface area contributed by atoms with Crippen LogP contribution < -0.4 is 5.43 Å². The number of benzene rings is 2. The molecule has 0 fully saturated rings. The van der Waals surface area contributed by atoms with E-state index in [9.17, 15) is 14.0 Å². The topological polar surface area (TPSA) is 72.7 Å². The molecule has 1 heterocycles. The largest absolute Gasteiger partial charge is 0.462 e. The van der Waals surface area contributed by atoms with E-state index in [1.54, 1.807) is 25.3 Å². The van der Waals surface area contributed by atoms with Gasteiger partial charge in [0.15, 0.2) is 0 Å². The minimum atomic E-state index is -0.422. The van der Waals surface area contributed by atoms with Gasteiger partial charge in [0, 0.05) is 28.2 Å². The van der Waals surface area contributed by atoms with Crippen LogP contribution in [-0.4, -0.2) is 29.3 Å². The Labute approximate surface area is 174 Å². The summed E-state index contributed by atoms with van der Waals surface area (Å²) in [6.45, 7) is 6.00. The second-order valence-electron chi connectivity index (χ2n) is 6.64. The van der Waals surface area contributed by atoms with Crippen LogP contribution in [0.1, 0.15) is 44.6 Å². The standard InChI is InChI=1S/C23H22FN3O3/c1-4-30-23(29)18-7-11-21(12-8-18)27-15(2)13-19(16(27)3)14-25-26-22(28)17-5-9-20(24)10-6-17/h5-14H,4H2,1-3H3,(H,26,28)/b25-14-. The Kier molecular flexibility index (Phi) is 6.41. The Morgan fingerprint density at radius 3 is 2.33 bits per heavy atom. The van der Waals surface area contributed by atoms with E-state index in [-0.39, 0.29) is 5.97 Å². The molecule has 154 valence electrons. The maximum atomic E-state index is 13.0. The number of hydrogen-bond donors (Lipinski definition) is 1. The van der Waals surface area contributed by atoms with Crippen molar-refractivity contribution in [1.82, 2.24) is 9.99 Å². The molecule has 3 rings (SSSR count). The summed E-state index contributed by atoms with van der Waals surface area (Å²) in [5.74, 6) is -1.18. The molecule has 0 saturated carbocycles. The van der Waals surface area contributed by atoms with Crippen molar-refractivity contribution in [3.05, 3.63) is 88.5 Å². The molecule has 6 nitrogen and oxygen atoms in total. The highest BCUT2D eigenvalue weighted by molar-refractivity contribution is 5.95. The van der Waals surface area contributed by atoms with E-state index in [1.165, 1.54) is 24.3 Å². The van der Waals surface area contributed by atoms with Gasteiger partial charge in [0.2, 0.25) is 0 Å². The minimum absolute atomic E-state index is 0.320. The average Bonchev–Trinajstić information content (AvgIpc) is 3.02. The van der Waals surface area contributed by atoms with Crippen LogP contribution in [0.2, 0.25) is 0 Å². The summed E-state index contributed by atoms with van der Waals surface area (Å²) in [6, 6.07) is 14.3. The predicted molar refractivity (Wildman–Crippen MR) is 113 cm³/mol. The predicted octanol–water partition coefficient (Wildman–Crippen LogP) is 4.17. The first-order valence-corrected chi connectivity index (χ1v) is 9.46. The number of aromatic nitrogens is 1. The van der Waals surface area contributed by atoms with Gasteiger partial charge in [0.25, 0.3) is 5.91 Å². The van der Waals surface area contributed by atoms with Crippen LogP contribution in [0.5, 0.6) is 0 Å². The van der Waals surface area contributed by atoms with Gasteiger partial charge in [-0.05, 0) is 75.4 Å². The zero-order chi connectivity index (χ0) is 21.7. The number of nitrogens with one attached hydrogen (secondary N) is 1. The van der Waals surface area contributed by atoms with E-state index in [1.807, 2.05) is 36.6 Å². The fourth-order valence-corrected chi connectivity index (χ4v) is 3.10. The van der Waals surface area contributed by atoms with Crippen LogP contribution >= 0.6 is 0 Å². The van der Waals surface area contributed by atoms with Crippen LogP contribution in [0.4, 0.5) is 4.39 Å². The van der Waals surface area contributed by atoms with E-state index >= 15 is 0 Å². The van der Waals surface area contributed by atoms with Crippen molar-refractivity contribution in [2.75, 3.05) is 6.61 Å². The molecule has 7 heteroatoms. The molecule has 0 aliphatic carbocycles. The van der Waals surface area contributed by atoms with Crippen molar-refractivity contribution in [3.8, 4) is 5.69 Å². The lowest BCUT2D eigenvalue weighted by Gasteiger charge is -2.10. The summed E-state index contributed by atoms with van der Waals surface area (Å²) in [7, 11) is 0. The van der Waals surface area contributed by atoms with Gasteiger partial charge >= 0.3 is 5.97 Å². The van der Waals surface area contributed by atoms with Gasteiger partial charge in [0.05, 0.1) is 18.4 Å². The van der Waals surface area contributed by atoms with E-state index in [0.29, 0.717) is 17.7 Å². The molecular formula is C23H22FN3O3. The van der Waals surface area contributed by atoms with Crippen LogP contribution in [0, 0.1) is 19.7 Å². The Balaban J connectivity index is 1.75. The molecule has 0 saturated heterocycles. The average molecular weight is 407 g/mol. The van der Waals surface area contributed by atoms with Gasteiger partial charge in [0.1, 0.15) is 5.82 Å². The smallest absolute Gasteiger partial charge is 0.338 e. The summed E-state index contributed by atoms with van der Waals surface area (Å²) < 4.78 is 20.0. The fraction of sp³-hybridized carbons (Fsp3) is 0.174. The van der Waals surface area contributed by atoms with Gasteiger partial charge in [-0.3, -0.25) is 4.79 Å². The Hall–Kier alpha value is -3.74. The Morgan fingerprint density at radius 2 is 1.70 bits per heavy atom. The second kappa shape index (κ2) is 9.17. The molecule has 0 spiro atoms. The monoisotopic (exact) mass is 407 g/mol. The lowest BCUT2D eigenvalue weighted by atomic mass is 10.2. The Morgan fingerprint density at radius 1 is 1.07 bits per heavy atom. The number of amides is 1. The third kappa shape index (κ3) is 4.63. The first-order chi connectivity index (χ1) is 14.4. The maximum Gasteiger partial charge on any atom is 0.338 e. The summed E-state index contributed by atoms with van der Waals surface area (Å²) in [5.41, 5.74) is 6.89. The highest BCUT2D eigenvalue weighted by atomic mass is 19.1.